The van der Waals surface area contributed by atoms with Crippen LogP contribution >= 0.6 is 11.6 Å². The molecule has 2 heterocycles. The minimum atomic E-state index is -0.442. The molecule has 0 bridgehead atoms. The molecule has 94 valence electrons. The predicted molar refractivity (Wildman–Crippen MR) is 73.3 cm³/mol. The number of nitrogens with zero attached hydrogens (tertiary/aromatic N) is 2. The maximum atomic E-state index is 12.0. The average Bonchev–Trinajstić information content (AvgIpc) is 2.41. The maximum absolute atomic E-state index is 12.0. The van der Waals surface area contributed by atoms with Crippen molar-refractivity contribution >= 4 is 22.5 Å². The lowest BCUT2D eigenvalue weighted by Gasteiger charge is -2.04. The first kappa shape index (κ1) is 11.9. The molecular weight excluding hydrogens is 264 g/mol. The van der Waals surface area contributed by atoms with Gasteiger partial charge in [-0.05, 0) is 36.8 Å². The molecule has 2 aromatic heterocycles. The van der Waals surface area contributed by atoms with E-state index in [2.05, 4.69) is 9.97 Å². The van der Waals surface area contributed by atoms with E-state index in [1.165, 1.54) is 0 Å². The van der Waals surface area contributed by atoms with E-state index in [1.54, 1.807) is 36.7 Å². The van der Waals surface area contributed by atoms with Crippen molar-refractivity contribution in [3.63, 3.8) is 0 Å². The van der Waals surface area contributed by atoms with Crippen molar-refractivity contribution in [2.75, 3.05) is 0 Å². The molecule has 1 aromatic carbocycles. The van der Waals surface area contributed by atoms with Gasteiger partial charge in [0, 0.05) is 23.0 Å². The first-order chi connectivity index (χ1) is 9.15. The Hall–Kier alpha value is -2.20. The van der Waals surface area contributed by atoms with Crippen molar-refractivity contribution in [3.05, 3.63) is 57.7 Å². The molecule has 4 nitrogen and oxygen atoms in total. The third-order valence-corrected chi connectivity index (χ3v) is 3.03. The van der Waals surface area contributed by atoms with Gasteiger partial charge in [-0.15, -0.1) is 0 Å². The van der Waals surface area contributed by atoms with Crippen LogP contribution in [0.5, 0.6) is 0 Å². The fraction of sp³-hybridized carbons (Fsp3) is 0.0714. The molecule has 0 radical (unpaired) electrons. The van der Waals surface area contributed by atoms with E-state index in [0.29, 0.717) is 21.5 Å². The van der Waals surface area contributed by atoms with Gasteiger partial charge in [-0.3, -0.25) is 4.98 Å². The zero-order chi connectivity index (χ0) is 13.4. The van der Waals surface area contributed by atoms with Crippen LogP contribution in [0.25, 0.3) is 22.4 Å². The van der Waals surface area contributed by atoms with E-state index in [4.69, 9.17) is 16.0 Å². The third-order valence-electron chi connectivity index (χ3n) is 2.82. The second kappa shape index (κ2) is 4.48. The van der Waals surface area contributed by atoms with Crippen LogP contribution in [0.1, 0.15) is 5.56 Å². The largest absolute Gasteiger partial charge is 0.403 e. The lowest BCUT2D eigenvalue weighted by molar-refractivity contribution is 0.518. The first-order valence-electron chi connectivity index (χ1n) is 5.66. The van der Waals surface area contributed by atoms with E-state index in [0.717, 1.165) is 5.56 Å². The Bertz CT molecular complexity index is 813. The summed E-state index contributed by atoms with van der Waals surface area (Å²) in [4.78, 5) is 20.3. The van der Waals surface area contributed by atoms with Crippen LogP contribution in [0, 0.1) is 6.92 Å². The summed E-state index contributed by atoms with van der Waals surface area (Å²) in [6, 6.07) is 6.82. The predicted octanol–water partition coefficient (Wildman–Crippen LogP) is 3.21. The van der Waals surface area contributed by atoms with E-state index in [-0.39, 0.29) is 5.89 Å². The van der Waals surface area contributed by atoms with E-state index < -0.39 is 5.63 Å². The number of aryl methyl sites for hydroxylation is 1. The van der Waals surface area contributed by atoms with Crippen LogP contribution in [0.15, 0.2) is 45.9 Å². The van der Waals surface area contributed by atoms with Gasteiger partial charge in [-0.2, -0.15) is 0 Å². The van der Waals surface area contributed by atoms with Gasteiger partial charge >= 0.3 is 5.63 Å². The summed E-state index contributed by atoms with van der Waals surface area (Å²) in [5.74, 6) is 0.283. The van der Waals surface area contributed by atoms with Crippen LogP contribution in [-0.4, -0.2) is 9.97 Å². The Balaban J connectivity index is 2.34. The average molecular weight is 273 g/mol. The number of benzene rings is 1. The van der Waals surface area contributed by atoms with Crippen molar-refractivity contribution in [3.8, 4) is 11.5 Å². The summed E-state index contributed by atoms with van der Waals surface area (Å²) in [6.45, 7) is 1.86. The first-order valence-corrected chi connectivity index (χ1v) is 6.04. The molecule has 0 saturated carbocycles. The molecule has 0 aliphatic carbocycles. The molecule has 0 N–H and O–H groups in total. The van der Waals surface area contributed by atoms with Crippen LogP contribution in [0.3, 0.4) is 0 Å². The van der Waals surface area contributed by atoms with E-state index in [1.807, 2.05) is 6.92 Å². The van der Waals surface area contributed by atoms with Gasteiger partial charge in [0.2, 0.25) is 5.89 Å². The van der Waals surface area contributed by atoms with Crippen molar-refractivity contribution in [2.24, 2.45) is 0 Å². The Morgan fingerprint density at radius 2 is 1.95 bits per heavy atom. The Morgan fingerprint density at radius 3 is 2.68 bits per heavy atom. The number of rotatable bonds is 1. The van der Waals surface area contributed by atoms with Gasteiger partial charge in [-0.25, -0.2) is 9.78 Å². The van der Waals surface area contributed by atoms with Crippen molar-refractivity contribution in [2.45, 2.75) is 6.92 Å². The Kier molecular flexibility index (Phi) is 2.80. The number of hydrogen-bond donors (Lipinski definition) is 0. The lowest BCUT2D eigenvalue weighted by atomic mass is 10.1. The monoisotopic (exact) mass is 272 g/mol. The van der Waals surface area contributed by atoms with Crippen molar-refractivity contribution in [1.82, 2.24) is 9.97 Å². The SMILES string of the molecule is Cc1cc(Cl)cc2c(=O)oc(-c3ccncc3)nc12. The summed E-state index contributed by atoms with van der Waals surface area (Å²) in [6.07, 6.45) is 3.24. The van der Waals surface area contributed by atoms with Gasteiger partial charge < -0.3 is 4.42 Å². The maximum Gasteiger partial charge on any atom is 0.347 e. The third kappa shape index (κ3) is 2.11. The molecule has 0 amide bonds. The molecular formula is C14H9ClN2O2. The van der Waals surface area contributed by atoms with Gasteiger partial charge in [0.05, 0.1) is 10.9 Å². The highest BCUT2D eigenvalue weighted by Gasteiger charge is 2.11. The molecule has 0 atom stereocenters. The van der Waals surface area contributed by atoms with Gasteiger partial charge in [0.25, 0.3) is 0 Å². The summed E-state index contributed by atoms with van der Waals surface area (Å²) in [5, 5.41) is 0.888. The number of halogens is 1. The molecule has 0 fully saturated rings. The highest BCUT2D eigenvalue weighted by molar-refractivity contribution is 6.31. The van der Waals surface area contributed by atoms with Crippen LogP contribution in [0.2, 0.25) is 5.02 Å². The summed E-state index contributed by atoms with van der Waals surface area (Å²) < 4.78 is 5.23. The highest BCUT2D eigenvalue weighted by atomic mass is 35.5. The number of pyridine rings is 1. The minimum absolute atomic E-state index is 0.283. The topological polar surface area (TPSA) is 56.0 Å². The number of fused-ring (bicyclic) bond motifs is 1. The van der Waals surface area contributed by atoms with Gasteiger partial charge in [0.1, 0.15) is 0 Å². The second-order valence-electron chi connectivity index (χ2n) is 4.16. The van der Waals surface area contributed by atoms with Crippen LogP contribution in [0.4, 0.5) is 0 Å². The summed E-state index contributed by atoms with van der Waals surface area (Å²) in [7, 11) is 0. The molecule has 0 aliphatic heterocycles. The quantitative estimate of drug-likeness (QED) is 0.682. The van der Waals surface area contributed by atoms with Crippen molar-refractivity contribution < 1.29 is 4.42 Å². The van der Waals surface area contributed by atoms with Gasteiger partial charge in [-0.1, -0.05) is 11.6 Å². The molecule has 5 heteroatoms. The Labute approximate surface area is 113 Å². The lowest BCUT2D eigenvalue weighted by Crippen LogP contribution is -2.04. The zero-order valence-electron chi connectivity index (χ0n) is 10.1. The van der Waals surface area contributed by atoms with E-state index >= 15 is 0 Å². The van der Waals surface area contributed by atoms with Crippen molar-refractivity contribution in [1.29, 1.82) is 0 Å². The highest BCUT2D eigenvalue weighted by Crippen LogP contribution is 2.23. The smallest absolute Gasteiger partial charge is 0.347 e. The Morgan fingerprint density at radius 1 is 1.21 bits per heavy atom. The number of aromatic nitrogens is 2. The minimum Gasteiger partial charge on any atom is -0.403 e. The fourth-order valence-corrected chi connectivity index (χ4v) is 2.20. The molecule has 0 unspecified atom stereocenters. The summed E-state index contributed by atoms with van der Waals surface area (Å²) in [5.41, 5.74) is 1.71. The molecule has 0 spiro atoms. The van der Waals surface area contributed by atoms with Crippen LogP contribution < -0.4 is 5.63 Å². The van der Waals surface area contributed by atoms with E-state index in [9.17, 15) is 4.79 Å². The van der Waals surface area contributed by atoms with Gasteiger partial charge in [0.15, 0.2) is 0 Å². The molecule has 0 saturated heterocycles. The molecule has 3 rings (SSSR count). The normalized spacial score (nSPS) is 10.8. The second-order valence-corrected chi connectivity index (χ2v) is 4.60. The number of hydrogen-bond acceptors (Lipinski definition) is 4. The summed E-state index contributed by atoms with van der Waals surface area (Å²) >= 11 is 5.94. The fourth-order valence-electron chi connectivity index (χ4n) is 1.92. The zero-order valence-corrected chi connectivity index (χ0v) is 10.8. The molecule has 3 aromatic rings. The molecule has 19 heavy (non-hydrogen) atoms. The van der Waals surface area contributed by atoms with Crippen LogP contribution in [-0.2, 0) is 0 Å². The standard InChI is InChI=1S/C14H9ClN2O2/c1-8-6-10(15)7-11-12(8)17-13(19-14(11)18)9-2-4-16-5-3-9/h2-7H,1H3. The molecule has 0 aliphatic rings.